The molecule has 0 bridgehead atoms. The Balaban J connectivity index is 2.54. The summed E-state index contributed by atoms with van der Waals surface area (Å²) in [6.45, 7) is 0. The van der Waals surface area contributed by atoms with E-state index in [1.807, 2.05) is 37.2 Å². The van der Waals surface area contributed by atoms with Gasteiger partial charge in [0.15, 0.2) is 0 Å². The fraction of sp³-hybridized carbons (Fsp3) is 0.286. The van der Waals surface area contributed by atoms with Gasteiger partial charge in [0.1, 0.15) is 5.82 Å². The van der Waals surface area contributed by atoms with E-state index >= 15 is 0 Å². The maximum atomic E-state index is 8.69. The van der Waals surface area contributed by atoms with E-state index in [2.05, 4.69) is 23.2 Å². The third kappa shape index (κ3) is 2.36. The van der Waals surface area contributed by atoms with E-state index in [1.165, 1.54) is 0 Å². The molecule has 2 rings (SSSR count). The molecule has 86 valence electrons. The first-order valence-electron chi connectivity index (χ1n) is 5.65. The van der Waals surface area contributed by atoms with Crippen molar-refractivity contribution in [2.45, 2.75) is 12.8 Å². The standard InChI is InChI=1S/C14H15N3/c1-17(2)14-12(7-5-9-15)10-11-6-3-4-8-13(11)16-14/h3-4,6,8,10H,5,7H2,1-2H3. The molecule has 0 radical (unpaired) electrons. The van der Waals surface area contributed by atoms with Crippen molar-refractivity contribution in [1.29, 1.82) is 5.26 Å². The Hall–Kier alpha value is -2.08. The van der Waals surface area contributed by atoms with E-state index < -0.39 is 0 Å². The Morgan fingerprint density at radius 3 is 2.76 bits per heavy atom. The number of fused-ring (bicyclic) bond motifs is 1. The molecule has 0 spiro atoms. The molecule has 0 aliphatic carbocycles. The summed E-state index contributed by atoms with van der Waals surface area (Å²) < 4.78 is 0. The van der Waals surface area contributed by atoms with Crippen LogP contribution < -0.4 is 4.90 Å². The Bertz CT molecular complexity index is 567. The minimum absolute atomic E-state index is 0.529. The number of benzene rings is 1. The smallest absolute Gasteiger partial charge is 0.131 e. The predicted octanol–water partition coefficient (Wildman–Crippen LogP) is 2.76. The van der Waals surface area contributed by atoms with Crippen LogP contribution in [-0.4, -0.2) is 19.1 Å². The zero-order valence-electron chi connectivity index (χ0n) is 10.1. The molecule has 0 aliphatic rings. The number of rotatable bonds is 3. The third-order valence-corrected chi connectivity index (χ3v) is 2.71. The number of hydrogen-bond donors (Lipinski definition) is 0. The summed E-state index contributed by atoms with van der Waals surface area (Å²) >= 11 is 0. The lowest BCUT2D eigenvalue weighted by Gasteiger charge is -2.16. The Kier molecular flexibility index (Phi) is 3.24. The van der Waals surface area contributed by atoms with Crippen LogP contribution in [0.3, 0.4) is 0 Å². The third-order valence-electron chi connectivity index (χ3n) is 2.71. The average Bonchev–Trinajstić information content (AvgIpc) is 2.35. The molecule has 0 saturated heterocycles. The fourth-order valence-electron chi connectivity index (χ4n) is 1.91. The molecule has 3 heteroatoms. The van der Waals surface area contributed by atoms with Crippen molar-refractivity contribution in [3.63, 3.8) is 0 Å². The van der Waals surface area contributed by atoms with E-state index in [0.717, 1.165) is 28.7 Å². The Morgan fingerprint density at radius 2 is 2.06 bits per heavy atom. The van der Waals surface area contributed by atoms with Crippen LogP contribution in [-0.2, 0) is 6.42 Å². The number of hydrogen-bond acceptors (Lipinski definition) is 3. The molecule has 17 heavy (non-hydrogen) atoms. The molecule has 1 heterocycles. The molecular weight excluding hydrogens is 210 g/mol. The zero-order valence-corrected chi connectivity index (χ0v) is 10.1. The van der Waals surface area contributed by atoms with Gasteiger partial charge in [0.2, 0.25) is 0 Å². The number of aryl methyl sites for hydroxylation is 1. The second kappa shape index (κ2) is 4.84. The van der Waals surface area contributed by atoms with Crippen LogP contribution in [0, 0.1) is 11.3 Å². The molecule has 2 aromatic rings. The predicted molar refractivity (Wildman–Crippen MR) is 70.0 cm³/mol. The molecular formula is C14H15N3. The van der Waals surface area contributed by atoms with Crippen molar-refractivity contribution in [2.24, 2.45) is 0 Å². The van der Waals surface area contributed by atoms with E-state index in [-0.39, 0.29) is 0 Å². The number of anilines is 1. The summed E-state index contributed by atoms with van der Waals surface area (Å²) in [6, 6.07) is 12.4. The fourth-order valence-corrected chi connectivity index (χ4v) is 1.91. The molecule has 0 fully saturated rings. The van der Waals surface area contributed by atoms with Crippen LogP contribution in [0.15, 0.2) is 30.3 Å². The van der Waals surface area contributed by atoms with Gasteiger partial charge < -0.3 is 4.90 Å². The van der Waals surface area contributed by atoms with Crippen molar-refractivity contribution < 1.29 is 0 Å². The van der Waals surface area contributed by atoms with Gasteiger partial charge in [-0.2, -0.15) is 5.26 Å². The van der Waals surface area contributed by atoms with Crippen molar-refractivity contribution in [3.05, 3.63) is 35.9 Å². The molecule has 0 atom stereocenters. The van der Waals surface area contributed by atoms with Gasteiger partial charge in [-0.3, -0.25) is 0 Å². The van der Waals surface area contributed by atoms with Gasteiger partial charge >= 0.3 is 0 Å². The first-order valence-corrected chi connectivity index (χ1v) is 5.65. The number of pyridine rings is 1. The monoisotopic (exact) mass is 225 g/mol. The molecule has 3 nitrogen and oxygen atoms in total. The highest BCUT2D eigenvalue weighted by Crippen LogP contribution is 2.23. The van der Waals surface area contributed by atoms with E-state index in [0.29, 0.717) is 6.42 Å². The average molecular weight is 225 g/mol. The zero-order chi connectivity index (χ0) is 12.3. The first-order chi connectivity index (χ1) is 8.22. The highest BCUT2D eigenvalue weighted by molar-refractivity contribution is 5.81. The van der Waals surface area contributed by atoms with Crippen molar-refractivity contribution in [3.8, 4) is 6.07 Å². The molecule has 0 N–H and O–H groups in total. The molecule has 0 aliphatic heterocycles. The summed E-state index contributed by atoms with van der Waals surface area (Å²) in [5.74, 6) is 0.957. The van der Waals surface area contributed by atoms with E-state index in [1.54, 1.807) is 0 Å². The maximum absolute atomic E-state index is 8.69. The molecule has 0 saturated carbocycles. The van der Waals surface area contributed by atoms with Gasteiger partial charge in [-0.05, 0) is 24.1 Å². The second-order valence-corrected chi connectivity index (χ2v) is 4.22. The van der Waals surface area contributed by atoms with Crippen LogP contribution in [0.25, 0.3) is 10.9 Å². The first kappa shape index (κ1) is 11.4. The normalized spacial score (nSPS) is 10.2. The number of para-hydroxylation sites is 1. The molecule has 0 amide bonds. The van der Waals surface area contributed by atoms with Crippen molar-refractivity contribution >= 4 is 16.7 Å². The lowest BCUT2D eigenvalue weighted by molar-refractivity contribution is 0.969. The van der Waals surface area contributed by atoms with Crippen LogP contribution >= 0.6 is 0 Å². The lowest BCUT2D eigenvalue weighted by atomic mass is 10.1. The minimum Gasteiger partial charge on any atom is -0.362 e. The van der Waals surface area contributed by atoms with Crippen molar-refractivity contribution in [2.75, 3.05) is 19.0 Å². The summed E-state index contributed by atoms with van der Waals surface area (Å²) in [4.78, 5) is 6.64. The number of nitrogens with zero attached hydrogens (tertiary/aromatic N) is 3. The molecule has 1 aromatic heterocycles. The van der Waals surface area contributed by atoms with E-state index in [9.17, 15) is 0 Å². The van der Waals surface area contributed by atoms with Gasteiger partial charge in [-0.15, -0.1) is 0 Å². The second-order valence-electron chi connectivity index (χ2n) is 4.22. The largest absolute Gasteiger partial charge is 0.362 e. The van der Waals surface area contributed by atoms with Crippen LogP contribution in [0.2, 0.25) is 0 Å². The highest BCUT2D eigenvalue weighted by atomic mass is 15.1. The van der Waals surface area contributed by atoms with Crippen LogP contribution in [0.4, 0.5) is 5.82 Å². The van der Waals surface area contributed by atoms with Crippen LogP contribution in [0.1, 0.15) is 12.0 Å². The molecule has 0 unspecified atom stereocenters. The van der Waals surface area contributed by atoms with Crippen molar-refractivity contribution in [1.82, 2.24) is 4.98 Å². The summed E-state index contributed by atoms with van der Waals surface area (Å²) in [5, 5.41) is 9.82. The van der Waals surface area contributed by atoms with E-state index in [4.69, 9.17) is 5.26 Å². The van der Waals surface area contributed by atoms with Gasteiger partial charge in [0, 0.05) is 25.9 Å². The summed E-state index contributed by atoms with van der Waals surface area (Å²) in [6.07, 6.45) is 1.28. The highest BCUT2D eigenvalue weighted by Gasteiger charge is 2.08. The SMILES string of the molecule is CN(C)c1nc2ccccc2cc1CCC#N. The maximum Gasteiger partial charge on any atom is 0.131 e. The number of aromatic nitrogens is 1. The van der Waals surface area contributed by atoms with Gasteiger partial charge in [0.05, 0.1) is 11.6 Å². The Morgan fingerprint density at radius 1 is 1.29 bits per heavy atom. The quantitative estimate of drug-likeness (QED) is 0.806. The van der Waals surface area contributed by atoms with Gasteiger partial charge in [-0.1, -0.05) is 18.2 Å². The van der Waals surface area contributed by atoms with Gasteiger partial charge in [0.25, 0.3) is 0 Å². The summed E-state index contributed by atoms with van der Waals surface area (Å²) in [7, 11) is 3.96. The lowest BCUT2D eigenvalue weighted by Crippen LogP contribution is -2.13. The summed E-state index contributed by atoms with van der Waals surface area (Å²) in [5.41, 5.74) is 2.13. The molecule has 1 aromatic carbocycles. The topological polar surface area (TPSA) is 39.9 Å². The minimum atomic E-state index is 0.529. The van der Waals surface area contributed by atoms with Gasteiger partial charge in [-0.25, -0.2) is 4.98 Å². The Labute approximate surface area is 101 Å². The number of nitriles is 1. The van der Waals surface area contributed by atoms with Crippen LogP contribution in [0.5, 0.6) is 0 Å².